The van der Waals surface area contributed by atoms with E-state index in [1.807, 2.05) is 20.0 Å². The summed E-state index contributed by atoms with van der Waals surface area (Å²) in [6.45, 7) is 6.54. The Labute approximate surface area is 82.8 Å². The first kappa shape index (κ1) is 10.6. The molecule has 4 heteroatoms. The van der Waals surface area contributed by atoms with Gasteiger partial charge in [0.2, 0.25) is 0 Å². The minimum absolute atomic E-state index is 0.127. The summed E-state index contributed by atoms with van der Waals surface area (Å²) in [5.74, 6) is 0. The maximum absolute atomic E-state index is 9.23. The summed E-state index contributed by atoms with van der Waals surface area (Å²) in [5, 5.41) is 13.5. The van der Waals surface area contributed by atoms with Gasteiger partial charge in [0.1, 0.15) is 0 Å². The zero-order valence-electron chi connectivity index (χ0n) is 8.24. The van der Waals surface area contributed by atoms with Crippen LogP contribution in [0.2, 0.25) is 0 Å². The third-order valence-corrected chi connectivity index (χ3v) is 2.90. The van der Waals surface area contributed by atoms with Gasteiger partial charge >= 0.3 is 0 Å². The predicted molar refractivity (Wildman–Crippen MR) is 54.8 cm³/mol. The normalized spacial score (nSPS) is 15.7. The van der Waals surface area contributed by atoms with E-state index >= 15 is 0 Å². The van der Waals surface area contributed by atoms with E-state index in [1.54, 1.807) is 18.3 Å². The molecule has 2 N–H and O–H groups in total. The number of aliphatic hydroxyl groups excluding tert-OH is 1. The molecule has 1 aromatic rings. The standard InChI is InChI=1S/C9H16N2OS/c1-6(7(2)12)10-4-9-5-11-8(3)13-9/h5-7,10,12H,4H2,1-3H3. The van der Waals surface area contributed by atoms with E-state index < -0.39 is 0 Å². The van der Waals surface area contributed by atoms with Gasteiger partial charge in [-0.05, 0) is 20.8 Å². The molecule has 0 saturated heterocycles. The van der Waals surface area contributed by atoms with Crippen LogP contribution in [0.3, 0.4) is 0 Å². The monoisotopic (exact) mass is 200 g/mol. The van der Waals surface area contributed by atoms with E-state index in [-0.39, 0.29) is 12.1 Å². The Bertz CT molecular complexity index is 260. The smallest absolute Gasteiger partial charge is 0.0897 e. The summed E-state index contributed by atoms with van der Waals surface area (Å²) in [6.07, 6.45) is 1.57. The molecule has 0 fully saturated rings. The molecule has 0 saturated carbocycles. The number of aryl methyl sites for hydroxylation is 1. The lowest BCUT2D eigenvalue weighted by molar-refractivity contribution is 0.152. The highest BCUT2D eigenvalue weighted by atomic mass is 32.1. The molecule has 0 aromatic carbocycles. The summed E-state index contributed by atoms with van der Waals surface area (Å²) in [4.78, 5) is 5.37. The zero-order chi connectivity index (χ0) is 9.84. The predicted octanol–water partition coefficient (Wildman–Crippen LogP) is 1.31. The number of nitrogens with zero attached hydrogens (tertiary/aromatic N) is 1. The maximum atomic E-state index is 9.23. The lowest BCUT2D eigenvalue weighted by atomic mass is 10.2. The van der Waals surface area contributed by atoms with Gasteiger partial charge in [-0.1, -0.05) is 0 Å². The lowest BCUT2D eigenvalue weighted by Crippen LogP contribution is -2.34. The second-order valence-electron chi connectivity index (χ2n) is 3.26. The first-order chi connectivity index (χ1) is 6.09. The van der Waals surface area contributed by atoms with E-state index in [0.29, 0.717) is 0 Å². The number of nitrogens with one attached hydrogen (secondary N) is 1. The van der Waals surface area contributed by atoms with Crippen LogP contribution < -0.4 is 5.32 Å². The van der Waals surface area contributed by atoms with Crippen molar-refractivity contribution in [3.8, 4) is 0 Å². The van der Waals surface area contributed by atoms with Gasteiger partial charge in [-0.2, -0.15) is 0 Å². The van der Waals surface area contributed by atoms with Crippen LogP contribution in [0.4, 0.5) is 0 Å². The Balaban J connectivity index is 2.35. The molecular formula is C9H16N2OS. The third kappa shape index (κ3) is 3.42. The van der Waals surface area contributed by atoms with Crippen molar-refractivity contribution in [3.63, 3.8) is 0 Å². The highest BCUT2D eigenvalue weighted by molar-refractivity contribution is 7.11. The molecule has 0 spiro atoms. The van der Waals surface area contributed by atoms with Crippen LogP contribution in [-0.2, 0) is 6.54 Å². The molecule has 0 radical (unpaired) electrons. The number of aliphatic hydroxyl groups is 1. The van der Waals surface area contributed by atoms with E-state index in [0.717, 1.165) is 11.6 Å². The summed E-state index contributed by atoms with van der Waals surface area (Å²) >= 11 is 1.69. The quantitative estimate of drug-likeness (QED) is 0.770. The van der Waals surface area contributed by atoms with E-state index in [2.05, 4.69) is 10.3 Å². The minimum Gasteiger partial charge on any atom is -0.392 e. The van der Waals surface area contributed by atoms with Crippen LogP contribution in [0.25, 0.3) is 0 Å². The van der Waals surface area contributed by atoms with Crippen LogP contribution in [0.1, 0.15) is 23.7 Å². The molecule has 1 heterocycles. The van der Waals surface area contributed by atoms with Crippen molar-refractivity contribution in [2.75, 3.05) is 0 Å². The molecule has 0 amide bonds. The molecule has 1 aromatic heterocycles. The van der Waals surface area contributed by atoms with Crippen molar-refractivity contribution in [1.82, 2.24) is 10.3 Å². The van der Waals surface area contributed by atoms with E-state index in [1.165, 1.54) is 4.88 Å². The molecule has 13 heavy (non-hydrogen) atoms. The Morgan fingerprint density at radius 1 is 1.62 bits per heavy atom. The van der Waals surface area contributed by atoms with Gasteiger partial charge in [-0.3, -0.25) is 0 Å². The van der Waals surface area contributed by atoms with Gasteiger partial charge in [0.05, 0.1) is 11.1 Å². The summed E-state index contributed by atoms with van der Waals surface area (Å²) < 4.78 is 0. The fourth-order valence-electron chi connectivity index (χ4n) is 0.919. The lowest BCUT2D eigenvalue weighted by Gasteiger charge is -2.15. The molecule has 0 bridgehead atoms. The molecular weight excluding hydrogens is 184 g/mol. The molecule has 0 aliphatic heterocycles. The molecule has 0 aliphatic rings. The molecule has 3 nitrogen and oxygen atoms in total. The molecule has 2 unspecified atom stereocenters. The summed E-state index contributed by atoms with van der Waals surface area (Å²) in [6, 6.07) is 0.127. The van der Waals surface area contributed by atoms with Gasteiger partial charge in [-0.15, -0.1) is 11.3 Å². The van der Waals surface area contributed by atoms with Crippen molar-refractivity contribution >= 4 is 11.3 Å². The van der Waals surface area contributed by atoms with Crippen molar-refractivity contribution in [1.29, 1.82) is 0 Å². The Morgan fingerprint density at radius 2 is 2.31 bits per heavy atom. The van der Waals surface area contributed by atoms with Crippen LogP contribution in [0.15, 0.2) is 6.20 Å². The van der Waals surface area contributed by atoms with Crippen LogP contribution in [0.5, 0.6) is 0 Å². The van der Waals surface area contributed by atoms with Crippen LogP contribution in [0, 0.1) is 6.92 Å². The van der Waals surface area contributed by atoms with Crippen molar-refractivity contribution in [3.05, 3.63) is 16.1 Å². The minimum atomic E-state index is -0.311. The van der Waals surface area contributed by atoms with Crippen LogP contribution in [-0.4, -0.2) is 22.2 Å². The fraction of sp³-hybridized carbons (Fsp3) is 0.667. The van der Waals surface area contributed by atoms with Gasteiger partial charge < -0.3 is 10.4 Å². The van der Waals surface area contributed by atoms with Crippen molar-refractivity contribution in [2.24, 2.45) is 0 Å². The Hall–Kier alpha value is -0.450. The highest BCUT2D eigenvalue weighted by Crippen LogP contribution is 2.11. The van der Waals surface area contributed by atoms with Crippen molar-refractivity contribution < 1.29 is 5.11 Å². The second kappa shape index (κ2) is 4.69. The average molecular weight is 200 g/mol. The number of hydrogen-bond acceptors (Lipinski definition) is 4. The van der Waals surface area contributed by atoms with Crippen LogP contribution >= 0.6 is 11.3 Å². The Morgan fingerprint density at radius 3 is 2.77 bits per heavy atom. The zero-order valence-corrected chi connectivity index (χ0v) is 9.06. The molecule has 74 valence electrons. The number of aromatic nitrogens is 1. The molecule has 1 rings (SSSR count). The van der Waals surface area contributed by atoms with Crippen molar-refractivity contribution in [2.45, 2.75) is 39.5 Å². The highest BCUT2D eigenvalue weighted by Gasteiger charge is 2.07. The second-order valence-corrected chi connectivity index (χ2v) is 4.58. The third-order valence-electron chi connectivity index (χ3n) is 1.99. The fourth-order valence-corrected chi connectivity index (χ4v) is 1.66. The summed E-state index contributed by atoms with van der Waals surface area (Å²) in [7, 11) is 0. The van der Waals surface area contributed by atoms with Gasteiger partial charge in [-0.25, -0.2) is 4.98 Å². The SMILES string of the molecule is Cc1ncc(CNC(C)C(C)O)s1. The average Bonchev–Trinajstić information content (AvgIpc) is 2.47. The van der Waals surface area contributed by atoms with Gasteiger partial charge in [0, 0.05) is 23.7 Å². The van der Waals surface area contributed by atoms with E-state index in [4.69, 9.17) is 0 Å². The topological polar surface area (TPSA) is 45.2 Å². The number of rotatable bonds is 4. The first-order valence-electron chi connectivity index (χ1n) is 4.42. The number of hydrogen-bond donors (Lipinski definition) is 2. The Kier molecular flexibility index (Phi) is 3.84. The van der Waals surface area contributed by atoms with Gasteiger partial charge in [0.25, 0.3) is 0 Å². The molecule has 0 aliphatic carbocycles. The molecule has 2 atom stereocenters. The maximum Gasteiger partial charge on any atom is 0.0897 e. The number of thiazole rings is 1. The first-order valence-corrected chi connectivity index (χ1v) is 5.24. The van der Waals surface area contributed by atoms with E-state index in [9.17, 15) is 5.11 Å². The largest absolute Gasteiger partial charge is 0.392 e. The summed E-state index contributed by atoms with van der Waals surface area (Å²) in [5.41, 5.74) is 0. The van der Waals surface area contributed by atoms with Gasteiger partial charge in [0.15, 0.2) is 0 Å².